The molecular weight excluding hydrogens is 521 g/mol. The maximum absolute atomic E-state index is 14.0. The predicted octanol–water partition coefficient (Wildman–Crippen LogP) is 3.77. The van der Waals surface area contributed by atoms with Gasteiger partial charge in [0.25, 0.3) is 0 Å². The van der Waals surface area contributed by atoms with Crippen LogP contribution in [0.2, 0.25) is 0 Å². The molecule has 0 aliphatic rings. The van der Waals surface area contributed by atoms with Gasteiger partial charge in [0.1, 0.15) is 24.2 Å². The van der Waals surface area contributed by atoms with E-state index in [4.69, 9.17) is 4.74 Å². The summed E-state index contributed by atoms with van der Waals surface area (Å²) in [4.78, 5) is 28.8. The summed E-state index contributed by atoms with van der Waals surface area (Å²) >= 11 is 0. The third-order valence-corrected chi connectivity index (χ3v) is 7.13. The summed E-state index contributed by atoms with van der Waals surface area (Å²) in [5.74, 6) is -0.977. The van der Waals surface area contributed by atoms with Crippen molar-refractivity contribution >= 4 is 27.5 Å². The molecule has 1 N–H and O–H groups in total. The molecule has 10 heteroatoms. The van der Waals surface area contributed by atoms with Gasteiger partial charge in [-0.3, -0.25) is 13.9 Å². The fourth-order valence-electron chi connectivity index (χ4n) is 4.10. The van der Waals surface area contributed by atoms with E-state index >= 15 is 0 Å². The Labute approximate surface area is 229 Å². The molecule has 3 rings (SSSR count). The zero-order valence-corrected chi connectivity index (χ0v) is 23.3. The topological polar surface area (TPSA) is 96.0 Å². The molecule has 0 heterocycles. The van der Waals surface area contributed by atoms with Crippen molar-refractivity contribution in [2.75, 3.05) is 24.2 Å². The van der Waals surface area contributed by atoms with E-state index in [1.807, 2.05) is 44.2 Å². The van der Waals surface area contributed by atoms with Crippen molar-refractivity contribution in [1.29, 1.82) is 0 Å². The fourth-order valence-corrected chi connectivity index (χ4v) is 4.94. The highest BCUT2D eigenvalue weighted by molar-refractivity contribution is 7.92. The van der Waals surface area contributed by atoms with Gasteiger partial charge in [-0.15, -0.1) is 0 Å². The zero-order valence-electron chi connectivity index (χ0n) is 22.5. The first-order valence-electron chi connectivity index (χ1n) is 12.5. The molecule has 39 heavy (non-hydrogen) atoms. The second-order valence-corrected chi connectivity index (χ2v) is 11.4. The van der Waals surface area contributed by atoms with Crippen LogP contribution in [0.1, 0.15) is 25.0 Å². The van der Waals surface area contributed by atoms with Crippen LogP contribution in [-0.2, 0) is 32.6 Å². The highest BCUT2D eigenvalue weighted by Gasteiger charge is 2.33. The van der Waals surface area contributed by atoms with Crippen LogP contribution < -0.4 is 14.4 Å². The van der Waals surface area contributed by atoms with E-state index in [-0.39, 0.29) is 30.6 Å². The minimum atomic E-state index is -3.89. The minimum Gasteiger partial charge on any atom is -0.497 e. The number of carbonyl (C=O) groups is 2. The Morgan fingerprint density at radius 1 is 0.949 bits per heavy atom. The summed E-state index contributed by atoms with van der Waals surface area (Å²) in [5.41, 5.74) is 1.66. The summed E-state index contributed by atoms with van der Waals surface area (Å²) < 4.78 is 45.5. The summed E-state index contributed by atoms with van der Waals surface area (Å²) in [5, 5.41) is 2.88. The van der Waals surface area contributed by atoms with Crippen LogP contribution in [-0.4, -0.2) is 57.1 Å². The minimum absolute atomic E-state index is 0.0299. The SMILES string of the molecule is COc1cccc(N(CC(=O)N(Cc2ccc(F)cc2)[C@H](Cc2ccccc2)C(=O)NC(C)C)S(C)(=O)=O)c1. The monoisotopic (exact) mass is 555 g/mol. The Bertz CT molecular complexity index is 1370. The first kappa shape index (κ1) is 29.6. The summed E-state index contributed by atoms with van der Waals surface area (Å²) in [6, 6.07) is 20.1. The van der Waals surface area contributed by atoms with Crippen molar-refractivity contribution < 1.29 is 27.1 Å². The largest absolute Gasteiger partial charge is 0.497 e. The van der Waals surface area contributed by atoms with Gasteiger partial charge in [0.05, 0.1) is 19.1 Å². The lowest BCUT2D eigenvalue weighted by atomic mass is 10.0. The number of ether oxygens (including phenoxy) is 1. The van der Waals surface area contributed by atoms with E-state index in [9.17, 15) is 22.4 Å². The Balaban J connectivity index is 2.05. The van der Waals surface area contributed by atoms with Crippen LogP contribution >= 0.6 is 0 Å². The second-order valence-electron chi connectivity index (χ2n) is 9.49. The number of methoxy groups -OCH3 is 1. The first-order valence-corrected chi connectivity index (χ1v) is 14.3. The number of benzene rings is 3. The second kappa shape index (κ2) is 13.2. The molecule has 0 radical (unpaired) electrons. The Morgan fingerprint density at radius 3 is 2.21 bits per heavy atom. The van der Waals surface area contributed by atoms with E-state index in [0.29, 0.717) is 11.3 Å². The Hall–Kier alpha value is -3.92. The number of halogens is 1. The van der Waals surface area contributed by atoms with Gasteiger partial charge in [0.15, 0.2) is 0 Å². The normalized spacial score (nSPS) is 12.1. The third kappa shape index (κ3) is 8.54. The molecule has 0 unspecified atom stereocenters. The molecule has 0 saturated carbocycles. The lowest BCUT2D eigenvalue weighted by Crippen LogP contribution is -2.54. The average Bonchev–Trinajstić information content (AvgIpc) is 2.89. The van der Waals surface area contributed by atoms with Gasteiger partial charge < -0.3 is 15.0 Å². The van der Waals surface area contributed by atoms with Crippen LogP contribution in [0.4, 0.5) is 10.1 Å². The van der Waals surface area contributed by atoms with Gasteiger partial charge in [-0.2, -0.15) is 0 Å². The van der Waals surface area contributed by atoms with E-state index in [1.165, 1.54) is 42.3 Å². The number of anilines is 1. The number of nitrogens with one attached hydrogen (secondary N) is 1. The van der Waals surface area contributed by atoms with Crippen molar-refractivity contribution in [2.24, 2.45) is 0 Å². The third-order valence-electron chi connectivity index (χ3n) is 5.99. The molecule has 208 valence electrons. The smallest absolute Gasteiger partial charge is 0.244 e. The lowest BCUT2D eigenvalue weighted by molar-refractivity contribution is -0.140. The van der Waals surface area contributed by atoms with Gasteiger partial charge in [-0.1, -0.05) is 48.5 Å². The van der Waals surface area contributed by atoms with E-state index < -0.39 is 34.3 Å². The van der Waals surface area contributed by atoms with Gasteiger partial charge in [-0.25, -0.2) is 12.8 Å². The maximum atomic E-state index is 14.0. The number of amides is 2. The number of carbonyl (C=O) groups excluding carboxylic acids is 2. The number of nitrogens with zero attached hydrogens (tertiary/aromatic N) is 2. The molecule has 0 bridgehead atoms. The molecule has 0 saturated heterocycles. The molecule has 3 aromatic carbocycles. The molecular formula is C29H34FN3O5S. The van der Waals surface area contributed by atoms with Gasteiger partial charge in [0, 0.05) is 25.1 Å². The number of hydrogen-bond acceptors (Lipinski definition) is 5. The van der Waals surface area contributed by atoms with E-state index in [2.05, 4.69) is 5.32 Å². The zero-order chi connectivity index (χ0) is 28.6. The van der Waals surface area contributed by atoms with Crippen LogP contribution in [0.15, 0.2) is 78.9 Å². The van der Waals surface area contributed by atoms with Crippen molar-refractivity contribution in [3.05, 3.63) is 95.8 Å². The highest BCUT2D eigenvalue weighted by Crippen LogP contribution is 2.24. The number of sulfonamides is 1. The van der Waals surface area contributed by atoms with Crippen molar-refractivity contribution in [1.82, 2.24) is 10.2 Å². The average molecular weight is 556 g/mol. The molecule has 1 atom stereocenters. The van der Waals surface area contributed by atoms with Crippen molar-refractivity contribution in [3.8, 4) is 5.75 Å². The molecule has 2 amide bonds. The summed E-state index contributed by atoms with van der Waals surface area (Å²) in [6.45, 7) is 3.06. The maximum Gasteiger partial charge on any atom is 0.244 e. The Morgan fingerprint density at radius 2 is 1.62 bits per heavy atom. The molecule has 8 nitrogen and oxygen atoms in total. The molecule has 0 fully saturated rings. The van der Waals surface area contributed by atoms with Crippen LogP contribution in [0, 0.1) is 5.82 Å². The standard InChI is InChI=1S/C29H34FN3O5S/c1-21(2)31-29(35)27(17-22-9-6-5-7-10-22)32(19-23-13-15-24(30)16-14-23)28(34)20-33(39(4,36)37)25-11-8-12-26(18-25)38-3/h5-16,18,21,27H,17,19-20H2,1-4H3,(H,31,35)/t27-/m1/s1. The first-order chi connectivity index (χ1) is 18.5. The van der Waals surface area contributed by atoms with E-state index in [1.54, 1.807) is 18.2 Å². The summed E-state index contributed by atoms with van der Waals surface area (Å²) in [7, 11) is -2.43. The van der Waals surface area contributed by atoms with Gasteiger partial charge >= 0.3 is 0 Å². The van der Waals surface area contributed by atoms with Crippen molar-refractivity contribution in [2.45, 2.75) is 38.9 Å². The molecule has 0 aliphatic heterocycles. The van der Waals surface area contributed by atoms with E-state index in [0.717, 1.165) is 16.1 Å². The molecule has 3 aromatic rings. The number of rotatable bonds is 12. The quantitative estimate of drug-likeness (QED) is 0.367. The predicted molar refractivity (Wildman–Crippen MR) is 149 cm³/mol. The van der Waals surface area contributed by atoms with Crippen LogP contribution in [0.3, 0.4) is 0 Å². The molecule has 0 spiro atoms. The lowest BCUT2D eigenvalue weighted by Gasteiger charge is -2.34. The molecule has 0 aromatic heterocycles. The number of hydrogen-bond donors (Lipinski definition) is 1. The summed E-state index contributed by atoms with van der Waals surface area (Å²) in [6.07, 6.45) is 1.21. The fraction of sp³-hybridized carbons (Fsp3) is 0.310. The highest BCUT2D eigenvalue weighted by atomic mass is 32.2. The van der Waals surface area contributed by atoms with Gasteiger partial charge in [0.2, 0.25) is 21.8 Å². The van der Waals surface area contributed by atoms with Gasteiger partial charge in [-0.05, 0) is 49.2 Å². The van der Waals surface area contributed by atoms with Crippen molar-refractivity contribution in [3.63, 3.8) is 0 Å². The molecule has 0 aliphatic carbocycles. The Kier molecular flexibility index (Phi) is 10.1. The van der Waals surface area contributed by atoms with Crippen LogP contribution in [0.5, 0.6) is 5.75 Å². The van der Waals surface area contributed by atoms with Crippen LogP contribution in [0.25, 0.3) is 0 Å².